The van der Waals surface area contributed by atoms with Crippen molar-refractivity contribution in [3.63, 3.8) is 0 Å². The van der Waals surface area contributed by atoms with Crippen molar-refractivity contribution in [2.75, 3.05) is 25.5 Å². The van der Waals surface area contributed by atoms with Crippen LogP contribution < -0.4 is 16.0 Å². The number of anilines is 1. The lowest BCUT2D eigenvalue weighted by Gasteiger charge is -2.43. The molecule has 0 aliphatic heterocycles. The molecule has 0 bridgehead atoms. The number of carbonyl (C=O) groups excluding carboxylic acids is 1. The molecule has 0 atom stereocenters. The van der Waals surface area contributed by atoms with Gasteiger partial charge in [0.05, 0.1) is 6.54 Å². The molecule has 0 radical (unpaired) electrons. The van der Waals surface area contributed by atoms with E-state index in [9.17, 15) is 9.18 Å². The Labute approximate surface area is 159 Å². The second kappa shape index (κ2) is 8.66. The van der Waals surface area contributed by atoms with E-state index < -0.39 is 0 Å². The third-order valence-corrected chi connectivity index (χ3v) is 5.06. The predicted octanol–water partition coefficient (Wildman–Crippen LogP) is 3.05. The van der Waals surface area contributed by atoms with Gasteiger partial charge in [0.25, 0.3) is 0 Å². The van der Waals surface area contributed by atoms with Crippen LogP contribution in [0.2, 0.25) is 0 Å². The molecule has 27 heavy (non-hydrogen) atoms. The van der Waals surface area contributed by atoms with E-state index in [4.69, 9.17) is 0 Å². The quantitative estimate of drug-likeness (QED) is 0.542. The minimum Gasteiger partial charge on any atom is -0.356 e. The lowest BCUT2D eigenvalue weighted by molar-refractivity contribution is -0.115. The smallest absolute Gasteiger partial charge is 0.243 e. The average Bonchev–Trinajstić information content (AvgIpc) is 2.66. The van der Waals surface area contributed by atoms with Gasteiger partial charge in [-0.3, -0.25) is 9.79 Å². The number of carbonyl (C=O) groups is 1. The number of nitrogens with one attached hydrogen (secondary N) is 3. The van der Waals surface area contributed by atoms with E-state index in [2.05, 4.69) is 45.2 Å². The second-order valence-corrected chi connectivity index (χ2v) is 6.83. The molecular weight excluding hydrogens is 343 g/mol. The van der Waals surface area contributed by atoms with Crippen LogP contribution in [0.5, 0.6) is 0 Å². The number of guanidine groups is 1. The minimum atomic E-state index is -0.334. The zero-order chi connectivity index (χ0) is 19.1. The van der Waals surface area contributed by atoms with Crippen LogP contribution in [-0.4, -0.2) is 32.0 Å². The number of halogens is 1. The summed E-state index contributed by atoms with van der Waals surface area (Å²) in [5.74, 6) is 0.0384. The summed E-state index contributed by atoms with van der Waals surface area (Å²) in [6.07, 6.45) is 3.51. The fraction of sp³-hybridized carbons (Fsp3) is 0.333. The maximum Gasteiger partial charge on any atom is 0.243 e. The Bertz CT molecular complexity index is 786. The molecule has 0 heterocycles. The van der Waals surface area contributed by atoms with Crippen LogP contribution in [0.1, 0.15) is 24.8 Å². The molecule has 1 aliphatic rings. The van der Waals surface area contributed by atoms with Gasteiger partial charge in [-0.2, -0.15) is 0 Å². The van der Waals surface area contributed by atoms with Crippen molar-refractivity contribution in [1.82, 2.24) is 10.6 Å². The van der Waals surface area contributed by atoms with E-state index in [-0.39, 0.29) is 23.7 Å². The van der Waals surface area contributed by atoms with E-state index >= 15 is 0 Å². The molecule has 5 nitrogen and oxygen atoms in total. The molecule has 1 amide bonds. The molecule has 3 rings (SSSR count). The largest absolute Gasteiger partial charge is 0.356 e. The Hall–Kier alpha value is -2.89. The Morgan fingerprint density at radius 3 is 2.37 bits per heavy atom. The molecule has 1 fully saturated rings. The first-order valence-corrected chi connectivity index (χ1v) is 9.17. The molecule has 0 saturated heterocycles. The van der Waals surface area contributed by atoms with Gasteiger partial charge in [0, 0.05) is 24.7 Å². The topological polar surface area (TPSA) is 65.5 Å². The summed E-state index contributed by atoms with van der Waals surface area (Å²) >= 11 is 0. The number of rotatable bonds is 6. The molecule has 2 aromatic rings. The highest BCUT2D eigenvalue weighted by Crippen LogP contribution is 2.43. The van der Waals surface area contributed by atoms with Gasteiger partial charge in [-0.15, -0.1) is 0 Å². The maximum atomic E-state index is 12.9. The summed E-state index contributed by atoms with van der Waals surface area (Å²) in [6.45, 7) is 0.853. The number of hydrogen-bond acceptors (Lipinski definition) is 2. The van der Waals surface area contributed by atoms with E-state index in [1.807, 2.05) is 6.07 Å². The van der Waals surface area contributed by atoms with E-state index in [1.54, 1.807) is 7.05 Å². The summed E-state index contributed by atoms with van der Waals surface area (Å²) in [7, 11) is 1.68. The summed E-state index contributed by atoms with van der Waals surface area (Å²) in [4.78, 5) is 16.3. The normalized spacial score (nSPS) is 15.6. The van der Waals surface area contributed by atoms with Crippen molar-refractivity contribution in [3.05, 3.63) is 66.0 Å². The van der Waals surface area contributed by atoms with Crippen LogP contribution >= 0.6 is 0 Å². The molecular formula is C21H25FN4O. The number of nitrogens with zero attached hydrogens (tertiary/aromatic N) is 1. The van der Waals surface area contributed by atoms with Crippen molar-refractivity contribution in [2.24, 2.45) is 4.99 Å². The first-order valence-electron chi connectivity index (χ1n) is 9.17. The second-order valence-electron chi connectivity index (χ2n) is 6.83. The van der Waals surface area contributed by atoms with Gasteiger partial charge >= 0.3 is 0 Å². The Morgan fingerprint density at radius 1 is 1.07 bits per heavy atom. The van der Waals surface area contributed by atoms with Gasteiger partial charge in [-0.1, -0.05) is 36.8 Å². The average molecular weight is 368 g/mol. The molecule has 1 saturated carbocycles. The van der Waals surface area contributed by atoms with E-state index in [1.165, 1.54) is 36.2 Å². The standard InChI is InChI=1S/C21H25FN4O/c1-23-20(24-14-19(27)26-18-10-8-17(22)9-11-18)25-15-21(12-5-13-21)16-6-3-2-4-7-16/h2-4,6-11H,5,12-15H2,1H3,(H,26,27)(H2,23,24,25). The Kier molecular flexibility index (Phi) is 6.06. The first kappa shape index (κ1) is 18.9. The fourth-order valence-corrected chi connectivity index (χ4v) is 3.34. The van der Waals surface area contributed by atoms with Gasteiger partial charge < -0.3 is 16.0 Å². The van der Waals surface area contributed by atoms with Crippen LogP contribution in [0.3, 0.4) is 0 Å². The summed E-state index contributed by atoms with van der Waals surface area (Å²) in [6, 6.07) is 16.2. The van der Waals surface area contributed by atoms with Crippen molar-refractivity contribution in [3.8, 4) is 0 Å². The van der Waals surface area contributed by atoms with Crippen molar-refractivity contribution in [2.45, 2.75) is 24.7 Å². The van der Waals surface area contributed by atoms with Crippen molar-refractivity contribution in [1.29, 1.82) is 0 Å². The van der Waals surface area contributed by atoms with Gasteiger partial charge in [0.1, 0.15) is 5.82 Å². The molecule has 0 spiro atoms. The third kappa shape index (κ3) is 4.84. The zero-order valence-electron chi connectivity index (χ0n) is 15.5. The number of benzene rings is 2. The Balaban J connectivity index is 1.49. The van der Waals surface area contributed by atoms with Crippen molar-refractivity contribution >= 4 is 17.6 Å². The van der Waals surface area contributed by atoms with Crippen LogP contribution in [0.4, 0.5) is 10.1 Å². The highest BCUT2D eigenvalue weighted by molar-refractivity contribution is 5.94. The monoisotopic (exact) mass is 368 g/mol. The molecule has 2 aromatic carbocycles. The molecule has 0 unspecified atom stereocenters. The van der Waals surface area contributed by atoms with E-state index in [0.29, 0.717) is 11.6 Å². The minimum absolute atomic E-state index is 0.0788. The van der Waals surface area contributed by atoms with Gasteiger partial charge in [-0.25, -0.2) is 4.39 Å². The summed E-state index contributed by atoms with van der Waals surface area (Å²) in [5, 5.41) is 9.09. The predicted molar refractivity (Wildman–Crippen MR) is 106 cm³/mol. The lowest BCUT2D eigenvalue weighted by atomic mass is 9.64. The fourth-order valence-electron chi connectivity index (χ4n) is 3.34. The molecule has 1 aliphatic carbocycles. The highest BCUT2D eigenvalue weighted by atomic mass is 19.1. The molecule has 0 aromatic heterocycles. The number of aliphatic imine (C=N–C) groups is 1. The number of hydrogen-bond donors (Lipinski definition) is 3. The van der Waals surface area contributed by atoms with Gasteiger partial charge in [0.2, 0.25) is 5.91 Å². The Morgan fingerprint density at radius 2 is 1.78 bits per heavy atom. The maximum absolute atomic E-state index is 12.9. The number of amides is 1. The molecule has 142 valence electrons. The molecule has 6 heteroatoms. The van der Waals surface area contributed by atoms with Gasteiger partial charge in [0.15, 0.2) is 5.96 Å². The summed E-state index contributed by atoms with van der Waals surface area (Å²) in [5.41, 5.74) is 2.03. The van der Waals surface area contributed by atoms with Crippen molar-refractivity contribution < 1.29 is 9.18 Å². The molecule has 3 N–H and O–H groups in total. The van der Waals surface area contributed by atoms with Crippen LogP contribution in [-0.2, 0) is 10.2 Å². The zero-order valence-corrected chi connectivity index (χ0v) is 15.5. The summed E-state index contributed by atoms with van der Waals surface area (Å²) < 4.78 is 12.9. The van der Waals surface area contributed by atoms with Crippen LogP contribution in [0.25, 0.3) is 0 Å². The highest BCUT2D eigenvalue weighted by Gasteiger charge is 2.38. The van der Waals surface area contributed by atoms with Gasteiger partial charge in [-0.05, 0) is 42.7 Å². The van der Waals surface area contributed by atoms with E-state index in [0.717, 1.165) is 19.4 Å². The third-order valence-electron chi connectivity index (χ3n) is 5.06. The SMILES string of the molecule is CN=C(NCC(=O)Nc1ccc(F)cc1)NCC1(c2ccccc2)CCC1. The lowest BCUT2D eigenvalue weighted by Crippen LogP contribution is -2.49. The first-order chi connectivity index (χ1) is 13.1. The van der Waals surface area contributed by atoms with Crippen LogP contribution in [0.15, 0.2) is 59.6 Å². The van der Waals surface area contributed by atoms with Crippen LogP contribution in [0, 0.1) is 5.82 Å².